The number of rotatable bonds is 5. The van der Waals surface area contributed by atoms with Crippen LogP contribution in [0.15, 0.2) is 39.8 Å². The standard InChI is InChI=1S/C18H26N4O/c1-12(2)10-14-6-8-15(9-7-14)13(3)16-11-17(21-23-16)20-18(19)22(4)5/h6-9,11-13H,10H2,1-5H3,(H2,19,20,21). The fourth-order valence-electron chi connectivity index (χ4n) is 2.33. The zero-order valence-corrected chi connectivity index (χ0v) is 14.6. The minimum atomic E-state index is 0.125. The van der Waals surface area contributed by atoms with Gasteiger partial charge in [0.2, 0.25) is 0 Å². The van der Waals surface area contributed by atoms with Crippen molar-refractivity contribution in [3.63, 3.8) is 0 Å². The molecule has 0 bridgehead atoms. The van der Waals surface area contributed by atoms with Crippen LogP contribution in [0.3, 0.4) is 0 Å². The average molecular weight is 314 g/mol. The second-order valence-corrected chi connectivity index (χ2v) is 6.51. The van der Waals surface area contributed by atoms with Gasteiger partial charge in [-0.2, -0.15) is 4.99 Å². The molecule has 23 heavy (non-hydrogen) atoms. The van der Waals surface area contributed by atoms with Gasteiger partial charge in [-0.3, -0.25) is 0 Å². The van der Waals surface area contributed by atoms with Crippen LogP contribution in [-0.2, 0) is 6.42 Å². The van der Waals surface area contributed by atoms with Gasteiger partial charge in [-0.25, -0.2) is 0 Å². The van der Waals surface area contributed by atoms with Crippen molar-refractivity contribution < 1.29 is 4.52 Å². The Morgan fingerprint density at radius 2 is 1.87 bits per heavy atom. The lowest BCUT2D eigenvalue weighted by atomic mass is 9.95. The second-order valence-electron chi connectivity index (χ2n) is 6.51. The molecule has 2 aromatic rings. The van der Waals surface area contributed by atoms with Crippen molar-refractivity contribution in [1.29, 1.82) is 0 Å². The molecule has 0 radical (unpaired) electrons. The summed E-state index contributed by atoms with van der Waals surface area (Å²) in [6.07, 6.45) is 1.10. The predicted molar refractivity (Wildman–Crippen MR) is 94.0 cm³/mol. The van der Waals surface area contributed by atoms with Crippen molar-refractivity contribution in [2.24, 2.45) is 16.6 Å². The third-order valence-corrected chi connectivity index (χ3v) is 3.75. The van der Waals surface area contributed by atoms with Crippen LogP contribution in [-0.4, -0.2) is 30.1 Å². The Bertz CT molecular complexity index is 656. The number of benzene rings is 1. The monoisotopic (exact) mass is 314 g/mol. The molecule has 5 heteroatoms. The van der Waals surface area contributed by atoms with Crippen LogP contribution in [0, 0.1) is 5.92 Å². The van der Waals surface area contributed by atoms with E-state index < -0.39 is 0 Å². The van der Waals surface area contributed by atoms with Crippen LogP contribution in [0.4, 0.5) is 5.82 Å². The van der Waals surface area contributed by atoms with E-state index in [-0.39, 0.29) is 5.92 Å². The van der Waals surface area contributed by atoms with E-state index in [1.165, 1.54) is 11.1 Å². The molecular formula is C18H26N4O. The van der Waals surface area contributed by atoms with Gasteiger partial charge in [0.05, 0.1) is 0 Å². The molecule has 0 saturated heterocycles. The van der Waals surface area contributed by atoms with Crippen LogP contribution in [0.5, 0.6) is 0 Å². The summed E-state index contributed by atoms with van der Waals surface area (Å²) in [5, 5.41) is 3.97. The molecule has 2 rings (SSSR count). The number of nitrogens with two attached hydrogens (primary N) is 1. The van der Waals surface area contributed by atoms with Crippen LogP contribution in [0.1, 0.15) is 43.6 Å². The Morgan fingerprint density at radius 3 is 2.43 bits per heavy atom. The highest BCUT2D eigenvalue weighted by Crippen LogP contribution is 2.27. The van der Waals surface area contributed by atoms with Crippen molar-refractivity contribution in [2.45, 2.75) is 33.1 Å². The highest BCUT2D eigenvalue weighted by Gasteiger charge is 2.15. The molecule has 2 N–H and O–H groups in total. The fraction of sp³-hybridized carbons (Fsp3) is 0.444. The Labute approximate surface area is 138 Å². The lowest BCUT2D eigenvalue weighted by Gasteiger charge is -2.10. The maximum Gasteiger partial charge on any atom is 0.198 e. The molecule has 1 aromatic heterocycles. The summed E-state index contributed by atoms with van der Waals surface area (Å²) >= 11 is 0. The van der Waals surface area contributed by atoms with E-state index in [0.29, 0.717) is 17.7 Å². The van der Waals surface area contributed by atoms with E-state index in [1.54, 1.807) is 4.90 Å². The largest absolute Gasteiger partial charge is 0.369 e. The Balaban J connectivity index is 2.13. The van der Waals surface area contributed by atoms with Gasteiger partial charge in [0.15, 0.2) is 11.8 Å². The van der Waals surface area contributed by atoms with Crippen molar-refractivity contribution in [3.05, 3.63) is 47.2 Å². The molecule has 1 heterocycles. The van der Waals surface area contributed by atoms with Gasteiger partial charge in [-0.15, -0.1) is 0 Å². The third-order valence-electron chi connectivity index (χ3n) is 3.75. The summed E-state index contributed by atoms with van der Waals surface area (Å²) in [6, 6.07) is 10.5. The van der Waals surface area contributed by atoms with Crippen LogP contribution >= 0.6 is 0 Å². The zero-order valence-electron chi connectivity index (χ0n) is 14.6. The molecule has 1 aromatic carbocycles. The van der Waals surface area contributed by atoms with E-state index >= 15 is 0 Å². The quantitative estimate of drug-likeness (QED) is 0.677. The molecular weight excluding hydrogens is 288 g/mol. The van der Waals surface area contributed by atoms with Crippen LogP contribution < -0.4 is 5.73 Å². The maximum absolute atomic E-state index is 5.80. The lowest BCUT2D eigenvalue weighted by molar-refractivity contribution is 0.377. The van der Waals surface area contributed by atoms with Gasteiger partial charge in [-0.1, -0.05) is 50.2 Å². The van der Waals surface area contributed by atoms with Gasteiger partial charge in [0, 0.05) is 26.1 Å². The van der Waals surface area contributed by atoms with Crippen LogP contribution in [0.25, 0.3) is 0 Å². The van der Waals surface area contributed by atoms with Crippen molar-refractivity contribution in [1.82, 2.24) is 10.1 Å². The molecule has 0 spiro atoms. The van der Waals surface area contributed by atoms with Gasteiger partial charge in [-0.05, 0) is 23.5 Å². The highest BCUT2D eigenvalue weighted by atomic mass is 16.5. The SMILES string of the molecule is CC(C)Cc1ccc(C(C)c2cc(N=C(N)N(C)C)no2)cc1. The van der Waals surface area contributed by atoms with Gasteiger partial charge in [0.25, 0.3) is 0 Å². The maximum atomic E-state index is 5.80. The van der Waals surface area contributed by atoms with Gasteiger partial charge >= 0.3 is 0 Å². The van der Waals surface area contributed by atoms with E-state index in [0.717, 1.165) is 12.2 Å². The summed E-state index contributed by atoms with van der Waals surface area (Å²) in [4.78, 5) is 5.94. The van der Waals surface area contributed by atoms with E-state index in [2.05, 4.69) is 55.2 Å². The summed E-state index contributed by atoms with van der Waals surface area (Å²) in [6.45, 7) is 6.56. The average Bonchev–Trinajstić information content (AvgIpc) is 2.95. The predicted octanol–water partition coefficient (Wildman–Crippen LogP) is 3.53. The molecule has 0 saturated carbocycles. The molecule has 0 aliphatic rings. The number of guanidine groups is 1. The first-order valence-electron chi connectivity index (χ1n) is 7.93. The number of aliphatic imine (C=N–C) groups is 1. The van der Waals surface area contributed by atoms with Crippen molar-refractivity contribution >= 4 is 11.8 Å². The van der Waals surface area contributed by atoms with Crippen molar-refractivity contribution in [2.75, 3.05) is 14.1 Å². The normalized spacial score (nSPS) is 13.4. The minimum absolute atomic E-state index is 0.125. The summed E-state index contributed by atoms with van der Waals surface area (Å²) in [5.74, 6) is 2.46. The Morgan fingerprint density at radius 1 is 1.22 bits per heavy atom. The highest BCUT2D eigenvalue weighted by molar-refractivity contribution is 5.79. The molecule has 0 aliphatic heterocycles. The first kappa shape index (κ1) is 17.1. The summed E-state index contributed by atoms with van der Waals surface area (Å²) in [5.41, 5.74) is 8.35. The second kappa shape index (κ2) is 7.31. The van der Waals surface area contributed by atoms with Gasteiger partial charge in [0.1, 0.15) is 5.76 Å². The third kappa shape index (κ3) is 4.58. The molecule has 0 fully saturated rings. The summed E-state index contributed by atoms with van der Waals surface area (Å²) in [7, 11) is 3.67. The van der Waals surface area contributed by atoms with E-state index in [4.69, 9.17) is 10.3 Å². The van der Waals surface area contributed by atoms with Crippen molar-refractivity contribution in [3.8, 4) is 0 Å². The number of aromatic nitrogens is 1. The topological polar surface area (TPSA) is 67.7 Å². The zero-order chi connectivity index (χ0) is 17.0. The minimum Gasteiger partial charge on any atom is -0.369 e. The first-order chi connectivity index (χ1) is 10.9. The smallest absolute Gasteiger partial charge is 0.198 e. The summed E-state index contributed by atoms with van der Waals surface area (Å²) < 4.78 is 5.43. The Hall–Kier alpha value is -2.30. The van der Waals surface area contributed by atoms with Crippen LogP contribution in [0.2, 0.25) is 0 Å². The van der Waals surface area contributed by atoms with E-state index in [9.17, 15) is 0 Å². The molecule has 5 nitrogen and oxygen atoms in total. The number of hydrogen-bond acceptors (Lipinski definition) is 3. The van der Waals surface area contributed by atoms with E-state index in [1.807, 2.05) is 20.2 Å². The fourth-order valence-corrected chi connectivity index (χ4v) is 2.33. The molecule has 124 valence electrons. The molecule has 1 unspecified atom stereocenters. The first-order valence-corrected chi connectivity index (χ1v) is 7.93. The Kier molecular flexibility index (Phi) is 5.42. The number of nitrogens with zero attached hydrogens (tertiary/aromatic N) is 3. The molecule has 1 atom stereocenters. The molecule has 0 amide bonds. The van der Waals surface area contributed by atoms with Gasteiger partial charge < -0.3 is 15.2 Å². The lowest BCUT2D eigenvalue weighted by Crippen LogP contribution is -2.29. The molecule has 0 aliphatic carbocycles. The number of hydrogen-bond donors (Lipinski definition) is 1.